The zero-order chi connectivity index (χ0) is 11.3. The number of nitrogens with one attached hydrogen (secondary N) is 2. The molecular formula is C11H22N2O2. The van der Waals surface area contributed by atoms with Crippen molar-refractivity contribution < 1.29 is 9.90 Å². The van der Waals surface area contributed by atoms with E-state index in [1.165, 1.54) is 12.8 Å². The Bertz CT molecular complexity index is 209. The van der Waals surface area contributed by atoms with Crippen molar-refractivity contribution >= 4 is 6.03 Å². The van der Waals surface area contributed by atoms with Gasteiger partial charge in [-0.15, -0.1) is 0 Å². The first-order chi connectivity index (χ1) is 7.11. The molecule has 1 fully saturated rings. The Morgan fingerprint density at radius 3 is 2.87 bits per heavy atom. The number of carbonyl (C=O) groups is 1. The molecule has 88 valence electrons. The minimum absolute atomic E-state index is 0.0194. The normalized spacial score (nSPS) is 28.2. The minimum Gasteiger partial charge on any atom is -0.394 e. The molecule has 0 heterocycles. The number of urea groups is 1. The summed E-state index contributed by atoms with van der Waals surface area (Å²) < 4.78 is 0. The van der Waals surface area contributed by atoms with E-state index in [0.717, 1.165) is 12.8 Å². The van der Waals surface area contributed by atoms with Gasteiger partial charge in [-0.2, -0.15) is 0 Å². The van der Waals surface area contributed by atoms with Crippen molar-refractivity contribution in [3.63, 3.8) is 0 Å². The molecule has 0 spiro atoms. The molecule has 0 saturated heterocycles. The van der Waals surface area contributed by atoms with E-state index < -0.39 is 0 Å². The molecule has 15 heavy (non-hydrogen) atoms. The van der Waals surface area contributed by atoms with E-state index in [4.69, 9.17) is 5.11 Å². The van der Waals surface area contributed by atoms with Gasteiger partial charge >= 0.3 is 6.03 Å². The number of aliphatic hydroxyl groups excluding tert-OH is 1. The molecule has 3 unspecified atom stereocenters. The van der Waals surface area contributed by atoms with Crippen LogP contribution in [0.1, 0.15) is 39.5 Å². The molecule has 1 aliphatic rings. The largest absolute Gasteiger partial charge is 0.394 e. The minimum atomic E-state index is -0.175. The van der Waals surface area contributed by atoms with Crippen LogP contribution in [-0.4, -0.2) is 29.8 Å². The first kappa shape index (κ1) is 12.3. The van der Waals surface area contributed by atoms with Crippen molar-refractivity contribution in [2.45, 2.75) is 51.6 Å². The van der Waals surface area contributed by atoms with Gasteiger partial charge < -0.3 is 15.7 Å². The molecule has 1 saturated carbocycles. The molecule has 4 heteroatoms. The highest BCUT2D eigenvalue weighted by Gasteiger charge is 2.20. The SMILES string of the molecule is CC1CCCC(NC(=O)NC(C)CO)C1. The molecule has 0 aromatic rings. The van der Waals surface area contributed by atoms with Crippen LogP contribution in [0, 0.1) is 5.92 Å². The van der Waals surface area contributed by atoms with Gasteiger partial charge in [-0.05, 0) is 25.7 Å². The van der Waals surface area contributed by atoms with E-state index in [0.29, 0.717) is 12.0 Å². The summed E-state index contributed by atoms with van der Waals surface area (Å²) in [5.41, 5.74) is 0. The van der Waals surface area contributed by atoms with Crippen molar-refractivity contribution in [3.8, 4) is 0 Å². The summed E-state index contributed by atoms with van der Waals surface area (Å²) in [6.07, 6.45) is 4.61. The molecule has 0 bridgehead atoms. The van der Waals surface area contributed by atoms with E-state index in [-0.39, 0.29) is 18.7 Å². The van der Waals surface area contributed by atoms with Gasteiger partial charge in [-0.3, -0.25) is 0 Å². The number of amides is 2. The summed E-state index contributed by atoms with van der Waals surface area (Å²) in [6.45, 7) is 3.99. The molecule has 2 amide bonds. The fraction of sp³-hybridized carbons (Fsp3) is 0.909. The lowest BCUT2D eigenvalue weighted by Gasteiger charge is -2.27. The maximum absolute atomic E-state index is 11.5. The summed E-state index contributed by atoms with van der Waals surface area (Å²) in [6, 6.07) is -0.0266. The molecule has 4 nitrogen and oxygen atoms in total. The highest BCUT2D eigenvalue weighted by Crippen LogP contribution is 2.23. The Labute approximate surface area is 91.4 Å². The lowest BCUT2D eigenvalue weighted by Crippen LogP contribution is -2.47. The molecule has 3 atom stereocenters. The predicted octanol–water partition coefficient (Wildman–Crippen LogP) is 1.25. The third kappa shape index (κ3) is 4.51. The van der Waals surface area contributed by atoms with Gasteiger partial charge in [0, 0.05) is 6.04 Å². The molecule has 0 aromatic carbocycles. The summed E-state index contributed by atoms with van der Waals surface area (Å²) in [5.74, 6) is 0.708. The van der Waals surface area contributed by atoms with Gasteiger partial charge in [0.05, 0.1) is 12.6 Å². The van der Waals surface area contributed by atoms with Crippen LogP contribution in [0.2, 0.25) is 0 Å². The number of carbonyl (C=O) groups excluding carboxylic acids is 1. The third-order valence-corrected chi connectivity index (χ3v) is 2.92. The number of hydrogen-bond donors (Lipinski definition) is 3. The van der Waals surface area contributed by atoms with E-state index in [1.54, 1.807) is 6.92 Å². The number of rotatable bonds is 3. The highest BCUT2D eigenvalue weighted by atomic mass is 16.3. The zero-order valence-corrected chi connectivity index (χ0v) is 9.62. The summed E-state index contributed by atoms with van der Waals surface area (Å²) >= 11 is 0. The van der Waals surface area contributed by atoms with Crippen LogP contribution in [0.25, 0.3) is 0 Å². The van der Waals surface area contributed by atoms with Crippen LogP contribution in [0.4, 0.5) is 4.79 Å². The van der Waals surface area contributed by atoms with E-state index >= 15 is 0 Å². The summed E-state index contributed by atoms with van der Waals surface area (Å²) in [5, 5.41) is 14.4. The van der Waals surface area contributed by atoms with Crippen molar-refractivity contribution in [1.29, 1.82) is 0 Å². The third-order valence-electron chi connectivity index (χ3n) is 2.92. The van der Waals surface area contributed by atoms with Gasteiger partial charge in [0.1, 0.15) is 0 Å². The van der Waals surface area contributed by atoms with Crippen LogP contribution >= 0.6 is 0 Å². The van der Waals surface area contributed by atoms with E-state index in [2.05, 4.69) is 17.6 Å². The first-order valence-corrected chi connectivity index (χ1v) is 5.79. The Morgan fingerprint density at radius 2 is 2.27 bits per heavy atom. The Kier molecular flexibility index (Phi) is 4.88. The Balaban J connectivity index is 2.24. The lowest BCUT2D eigenvalue weighted by molar-refractivity contribution is 0.211. The van der Waals surface area contributed by atoms with E-state index in [9.17, 15) is 4.79 Å². The fourth-order valence-corrected chi connectivity index (χ4v) is 2.06. The molecule has 1 aliphatic carbocycles. The predicted molar refractivity (Wildman–Crippen MR) is 59.6 cm³/mol. The molecule has 0 aliphatic heterocycles. The quantitative estimate of drug-likeness (QED) is 0.662. The Morgan fingerprint density at radius 1 is 1.53 bits per heavy atom. The van der Waals surface area contributed by atoms with Crippen LogP contribution in [0.15, 0.2) is 0 Å². The first-order valence-electron chi connectivity index (χ1n) is 5.79. The van der Waals surface area contributed by atoms with Crippen molar-refractivity contribution in [3.05, 3.63) is 0 Å². The average molecular weight is 214 g/mol. The van der Waals surface area contributed by atoms with Crippen molar-refractivity contribution in [2.24, 2.45) is 5.92 Å². The van der Waals surface area contributed by atoms with Crippen LogP contribution < -0.4 is 10.6 Å². The number of hydrogen-bond acceptors (Lipinski definition) is 2. The second kappa shape index (κ2) is 5.95. The Hall–Kier alpha value is -0.770. The van der Waals surface area contributed by atoms with Gasteiger partial charge in [0.25, 0.3) is 0 Å². The van der Waals surface area contributed by atoms with Gasteiger partial charge in [0.15, 0.2) is 0 Å². The maximum Gasteiger partial charge on any atom is 0.315 e. The topological polar surface area (TPSA) is 61.4 Å². The standard InChI is InChI=1S/C11H22N2O2/c1-8-4-3-5-10(6-8)13-11(15)12-9(2)7-14/h8-10,14H,3-7H2,1-2H3,(H2,12,13,15). The van der Waals surface area contributed by atoms with Gasteiger partial charge in [-0.1, -0.05) is 19.8 Å². The van der Waals surface area contributed by atoms with Crippen LogP contribution in [-0.2, 0) is 0 Å². The molecular weight excluding hydrogens is 192 g/mol. The molecule has 0 radical (unpaired) electrons. The number of aliphatic hydroxyl groups is 1. The molecule has 3 N–H and O–H groups in total. The zero-order valence-electron chi connectivity index (χ0n) is 9.62. The summed E-state index contributed by atoms with van der Waals surface area (Å²) in [4.78, 5) is 11.5. The second-order valence-electron chi connectivity index (χ2n) is 4.67. The van der Waals surface area contributed by atoms with Crippen LogP contribution in [0.5, 0.6) is 0 Å². The van der Waals surface area contributed by atoms with Crippen molar-refractivity contribution in [2.75, 3.05) is 6.61 Å². The van der Waals surface area contributed by atoms with Gasteiger partial charge in [-0.25, -0.2) is 4.79 Å². The molecule has 1 rings (SSSR count). The van der Waals surface area contributed by atoms with Crippen molar-refractivity contribution in [1.82, 2.24) is 10.6 Å². The molecule has 0 aromatic heterocycles. The summed E-state index contributed by atoms with van der Waals surface area (Å²) in [7, 11) is 0. The smallest absolute Gasteiger partial charge is 0.315 e. The second-order valence-corrected chi connectivity index (χ2v) is 4.67. The van der Waals surface area contributed by atoms with Gasteiger partial charge in [0.2, 0.25) is 0 Å². The maximum atomic E-state index is 11.5. The average Bonchev–Trinajstić information content (AvgIpc) is 2.17. The lowest BCUT2D eigenvalue weighted by atomic mass is 9.87. The fourth-order valence-electron chi connectivity index (χ4n) is 2.06. The van der Waals surface area contributed by atoms with Crippen LogP contribution in [0.3, 0.4) is 0 Å². The highest BCUT2D eigenvalue weighted by molar-refractivity contribution is 5.74. The van der Waals surface area contributed by atoms with E-state index in [1.807, 2.05) is 0 Å². The monoisotopic (exact) mass is 214 g/mol.